The predicted molar refractivity (Wildman–Crippen MR) is 71.3 cm³/mol. The van der Waals surface area contributed by atoms with E-state index in [1.807, 2.05) is 12.3 Å². The van der Waals surface area contributed by atoms with Crippen molar-refractivity contribution in [1.82, 2.24) is 9.88 Å². The molecule has 0 unspecified atom stereocenters. The minimum Gasteiger partial charge on any atom is -0.392 e. The number of pyridine rings is 1. The van der Waals surface area contributed by atoms with Gasteiger partial charge in [0.25, 0.3) is 0 Å². The number of hydrogen-bond acceptors (Lipinski definition) is 3. The third kappa shape index (κ3) is 4.24. The highest BCUT2D eigenvalue weighted by atomic mass is 32.1. The molecule has 4 heteroatoms. The first-order chi connectivity index (χ1) is 7.63. The molecular weight excluding hydrogens is 218 g/mol. The lowest BCUT2D eigenvalue weighted by molar-refractivity contribution is 0.300. The largest absolute Gasteiger partial charge is 0.392 e. The van der Waals surface area contributed by atoms with Gasteiger partial charge >= 0.3 is 0 Å². The fourth-order valence-electron chi connectivity index (χ4n) is 1.65. The van der Waals surface area contributed by atoms with Gasteiger partial charge in [0, 0.05) is 19.3 Å². The monoisotopic (exact) mass is 237 g/mol. The van der Waals surface area contributed by atoms with Crippen LogP contribution in [-0.4, -0.2) is 28.0 Å². The van der Waals surface area contributed by atoms with Gasteiger partial charge in [-0.25, -0.2) is 0 Å². The zero-order valence-corrected chi connectivity index (χ0v) is 10.8. The standard InChI is InChI=1S/C12H19N3S/c1-3-7-15(9-12(13)16)8-11-10(2)5-4-6-14-11/h4-6H,3,7-9H2,1-2H3,(H2,13,16). The molecule has 0 aliphatic rings. The van der Waals surface area contributed by atoms with Crippen LogP contribution in [0.5, 0.6) is 0 Å². The van der Waals surface area contributed by atoms with Crippen LogP contribution in [0.25, 0.3) is 0 Å². The lowest BCUT2D eigenvalue weighted by atomic mass is 10.2. The number of thiocarbonyl (C=S) groups is 1. The molecule has 0 aliphatic carbocycles. The van der Waals surface area contributed by atoms with Gasteiger partial charge in [-0.1, -0.05) is 25.2 Å². The van der Waals surface area contributed by atoms with Gasteiger partial charge in [-0.2, -0.15) is 0 Å². The smallest absolute Gasteiger partial charge is 0.0870 e. The molecule has 16 heavy (non-hydrogen) atoms. The lowest BCUT2D eigenvalue weighted by Crippen LogP contribution is -2.33. The quantitative estimate of drug-likeness (QED) is 0.767. The molecule has 0 fully saturated rings. The van der Waals surface area contributed by atoms with E-state index in [9.17, 15) is 0 Å². The van der Waals surface area contributed by atoms with E-state index in [-0.39, 0.29) is 0 Å². The molecule has 0 spiro atoms. The summed E-state index contributed by atoms with van der Waals surface area (Å²) in [4.78, 5) is 7.16. The molecule has 1 aromatic heterocycles. The van der Waals surface area contributed by atoms with Crippen LogP contribution in [-0.2, 0) is 6.54 Å². The van der Waals surface area contributed by atoms with Crippen molar-refractivity contribution < 1.29 is 0 Å². The number of hydrogen-bond donors (Lipinski definition) is 1. The van der Waals surface area contributed by atoms with E-state index >= 15 is 0 Å². The average molecular weight is 237 g/mol. The lowest BCUT2D eigenvalue weighted by Gasteiger charge is -2.21. The van der Waals surface area contributed by atoms with E-state index in [0.717, 1.165) is 25.2 Å². The highest BCUT2D eigenvalue weighted by molar-refractivity contribution is 7.80. The fraction of sp³-hybridized carbons (Fsp3) is 0.500. The van der Waals surface area contributed by atoms with Gasteiger partial charge in [0.05, 0.1) is 10.7 Å². The summed E-state index contributed by atoms with van der Waals surface area (Å²) in [6.07, 6.45) is 2.92. The van der Waals surface area contributed by atoms with E-state index in [4.69, 9.17) is 18.0 Å². The van der Waals surface area contributed by atoms with Gasteiger partial charge < -0.3 is 5.73 Å². The maximum atomic E-state index is 5.58. The van der Waals surface area contributed by atoms with Crippen molar-refractivity contribution in [1.29, 1.82) is 0 Å². The summed E-state index contributed by atoms with van der Waals surface area (Å²) in [5.41, 5.74) is 7.90. The molecule has 1 heterocycles. The third-order valence-corrected chi connectivity index (χ3v) is 2.54. The maximum Gasteiger partial charge on any atom is 0.0870 e. The van der Waals surface area contributed by atoms with E-state index in [0.29, 0.717) is 11.5 Å². The number of nitrogens with zero attached hydrogens (tertiary/aromatic N) is 2. The maximum absolute atomic E-state index is 5.58. The highest BCUT2D eigenvalue weighted by Crippen LogP contribution is 2.07. The normalized spacial score (nSPS) is 10.7. The van der Waals surface area contributed by atoms with Crippen LogP contribution in [0.3, 0.4) is 0 Å². The Bertz CT molecular complexity index is 352. The number of aryl methyl sites for hydroxylation is 1. The van der Waals surface area contributed by atoms with E-state index in [1.54, 1.807) is 0 Å². The molecule has 0 aliphatic heterocycles. The van der Waals surface area contributed by atoms with Gasteiger partial charge in [-0.3, -0.25) is 9.88 Å². The Labute approximate surface area is 103 Å². The summed E-state index contributed by atoms with van der Waals surface area (Å²) < 4.78 is 0. The first-order valence-corrected chi connectivity index (χ1v) is 5.95. The average Bonchev–Trinajstić information content (AvgIpc) is 2.21. The first kappa shape index (κ1) is 13.1. The number of nitrogens with two attached hydrogens (primary N) is 1. The Morgan fingerprint density at radius 2 is 2.31 bits per heavy atom. The van der Waals surface area contributed by atoms with Gasteiger partial charge in [0.2, 0.25) is 0 Å². The van der Waals surface area contributed by atoms with Crippen molar-refractivity contribution in [3.8, 4) is 0 Å². The molecule has 0 saturated carbocycles. The SMILES string of the molecule is CCCN(CC(N)=S)Cc1ncccc1C. The van der Waals surface area contributed by atoms with Gasteiger partial charge in [0.1, 0.15) is 0 Å². The molecule has 0 amide bonds. The topological polar surface area (TPSA) is 42.1 Å². The van der Waals surface area contributed by atoms with Crippen molar-refractivity contribution in [2.45, 2.75) is 26.8 Å². The highest BCUT2D eigenvalue weighted by Gasteiger charge is 2.08. The van der Waals surface area contributed by atoms with E-state index < -0.39 is 0 Å². The van der Waals surface area contributed by atoms with Gasteiger partial charge in [-0.05, 0) is 31.5 Å². The second-order valence-electron chi connectivity index (χ2n) is 3.94. The Hall–Kier alpha value is -1.00. The van der Waals surface area contributed by atoms with Gasteiger partial charge in [0.15, 0.2) is 0 Å². The van der Waals surface area contributed by atoms with Gasteiger partial charge in [-0.15, -0.1) is 0 Å². The first-order valence-electron chi connectivity index (χ1n) is 5.54. The van der Waals surface area contributed by atoms with Crippen LogP contribution in [0.1, 0.15) is 24.6 Å². The summed E-state index contributed by atoms with van der Waals surface area (Å²) in [6.45, 7) is 6.70. The fourth-order valence-corrected chi connectivity index (χ4v) is 1.83. The Morgan fingerprint density at radius 1 is 1.56 bits per heavy atom. The molecule has 0 bridgehead atoms. The molecule has 2 N–H and O–H groups in total. The third-order valence-electron chi connectivity index (χ3n) is 2.41. The molecule has 3 nitrogen and oxygen atoms in total. The van der Waals surface area contributed by atoms with E-state index in [2.05, 4.69) is 29.8 Å². The zero-order chi connectivity index (χ0) is 12.0. The summed E-state index contributed by atoms with van der Waals surface area (Å²) >= 11 is 4.95. The second kappa shape index (κ2) is 6.55. The van der Waals surface area contributed by atoms with Crippen molar-refractivity contribution in [3.05, 3.63) is 29.6 Å². The Balaban J connectivity index is 2.67. The predicted octanol–water partition coefficient (Wildman–Crippen LogP) is 1.89. The minimum atomic E-state index is 0.544. The zero-order valence-electron chi connectivity index (χ0n) is 9.94. The van der Waals surface area contributed by atoms with Crippen molar-refractivity contribution in [2.24, 2.45) is 5.73 Å². The minimum absolute atomic E-state index is 0.544. The van der Waals surface area contributed by atoms with Crippen molar-refractivity contribution >= 4 is 17.2 Å². The Kier molecular flexibility index (Phi) is 5.35. The summed E-state index contributed by atoms with van der Waals surface area (Å²) in [5.74, 6) is 0. The molecule has 1 aromatic rings. The van der Waals surface area contributed by atoms with Crippen LogP contribution in [0.15, 0.2) is 18.3 Å². The summed E-state index contributed by atoms with van der Waals surface area (Å²) in [7, 11) is 0. The Morgan fingerprint density at radius 3 is 2.88 bits per heavy atom. The molecule has 1 rings (SSSR count). The van der Waals surface area contributed by atoms with Crippen LogP contribution in [0.2, 0.25) is 0 Å². The molecule has 0 aromatic carbocycles. The van der Waals surface area contributed by atoms with Crippen LogP contribution < -0.4 is 5.73 Å². The van der Waals surface area contributed by atoms with E-state index in [1.165, 1.54) is 5.56 Å². The molecule has 0 atom stereocenters. The molecule has 88 valence electrons. The summed E-state index contributed by atoms with van der Waals surface area (Å²) in [6, 6.07) is 4.03. The van der Waals surface area contributed by atoms with Crippen molar-refractivity contribution in [2.75, 3.05) is 13.1 Å². The van der Waals surface area contributed by atoms with Crippen LogP contribution >= 0.6 is 12.2 Å². The number of rotatable bonds is 6. The number of aromatic nitrogens is 1. The summed E-state index contributed by atoms with van der Waals surface area (Å²) in [5, 5.41) is 0. The van der Waals surface area contributed by atoms with Crippen molar-refractivity contribution in [3.63, 3.8) is 0 Å². The van der Waals surface area contributed by atoms with Crippen LogP contribution in [0, 0.1) is 6.92 Å². The van der Waals surface area contributed by atoms with Crippen LogP contribution in [0.4, 0.5) is 0 Å². The molecular formula is C12H19N3S. The molecule has 0 radical (unpaired) electrons. The molecule has 0 saturated heterocycles. The second-order valence-corrected chi connectivity index (χ2v) is 4.47.